The number of hydrogen-bond acceptors (Lipinski definition) is 2. The summed E-state index contributed by atoms with van der Waals surface area (Å²) in [6.45, 7) is 7.79. The Morgan fingerprint density at radius 2 is 2.05 bits per heavy atom. The van der Waals surface area contributed by atoms with Gasteiger partial charge < -0.3 is 5.32 Å². The Morgan fingerprint density at radius 1 is 1.29 bits per heavy atom. The van der Waals surface area contributed by atoms with E-state index in [4.69, 9.17) is 0 Å². The van der Waals surface area contributed by atoms with Gasteiger partial charge in [-0.25, -0.2) is 0 Å². The molecular weight excluding hydrogens is 268 g/mol. The molecule has 2 heterocycles. The van der Waals surface area contributed by atoms with E-state index in [2.05, 4.69) is 54.1 Å². The van der Waals surface area contributed by atoms with Crippen molar-refractivity contribution in [2.24, 2.45) is 5.92 Å². The third-order valence-electron chi connectivity index (χ3n) is 4.17. The van der Waals surface area contributed by atoms with Gasteiger partial charge in [-0.15, -0.1) is 0 Å². The van der Waals surface area contributed by atoms with Crippen LogP contribution >= 0.6 is 0 Å². The summed E-state index contributed by atoms with van der Waals surface area (Å²) in [7, 11) is 0. The number of piperidine rings is 1. The van der Waals surface area contributed by atoms with Crippen molar-refractivity contribution in [3.8, 4) is 0 Å². The average molecular weight is 295 g/mol. The van der Waals surface area contributed by atoms with Gasteiger partial charge in [0.05, 0.1) is 11.7 Å². The maximum Gasteiger partial charge on any atom is 1.00 e. The molecule has 5 heteroatoms. The molecule has 3 nitrogen and oxygen atoms in total. The smallest absolute Gasteiger partial charge is 0.310 e. The fourth-order valence-electron chi connectivity index (χ4n) is 2.98. The van der Waals surface area contributed by atoms with Crippen LogP contribution in [0.3, 0.4) is 0 Å². The minimum absolute atomic E-state index is 0. The monoisotopic (exact) mass is 295 g/mol. The molecule has 3 rings (SSSR count). The third-order valence-corrected chi connectivity index (χ3v) is 4.17. The number of nitrogens with zero attached hydrogens (tertiary/aromatic N) is 2. The van der Waals surface area contributed by atoms with Crippen molar-refractivity contribution >= 4 is 19.3 Å². The van der Waals surface area contributed by atoms with Crippen LogP contribution in [-0.4, -0.2) is 24.7 Å². The van der Waals surface area contributed by atoms with Crippen molar-refractivity contribution in [1.29, 1.82) is 0 Å². The quantitative estimate of drug-likeness (QED) is 0.738. The maximum absolute atomic E-state index is 4.49. The molecule has 0 bridgehead atoms. The van der Waals surface area contributed by atoms with E-state index < -0.39 is 0 Å². The van der Waals surface area contributed by atoms with Gasteiger partial charge >= 0.3 is 29.6 Å². The molecule has 0 radical (unpaired) electrons. The predicted octanol–water partition coefficient (Wildman–Crippen LogP) is -0.770. The number of aromatic nitrogens is 2. The van der Waals surface area contributed by atoms with Gasteiger partial charge in [0.1, 0.15) is 0 Å². The third kappa shape index (κ3) is 3.92. The van der Waals surface area contributed by atoms with Crippen LogP contribution in [-0.2, 0) is 0 Å². The summed E-state index contributed by atoms with van der Waals surface area (Å²) in [6, 6.07) is 7.71. The second-order valence-electron chi connectivity index (χ2n) is 6.14. The number of hydrogen-bond donors (Lipinski definition) is 1. The molecule has 1 saturated heterocycles. The SMILES string of the molecule is CC1CCC(c2ccc3c(cnn3C(C)C)c2)NC1.[BH4-].[Na+]. The van der Waals surface area contributed by atoms with E-state index in [0.29, 0.717) is 12.1 Å². The molecule has 0 saturated carbocycles. The first kappa shape index (κ1) is 18.8. The van der Waals surface area contributed by atoms with E-state index >= 15 is 0 Å². The van der Waals surface area contributed by atoms with E-state index in [1.165, 1.54) is 29.3 Å². The summed E-state index contributed by atoms with van der Waals surface area (Å²) in [6.07, 6.45) is 4.55. The van der Waals surface area contributed by atoms with E-state index in [-0.39, 0.29) is 38.0 Å². The molecule has 1 aliphatic heterocycles. The summed E-state index contributed by atoms with van der Waals surface area (Å²) >= 11 is 0. The van der Waals surface area contributed by atoms with Crippen LogP contribution in [0.25, 0.3) is 10.9 Å². The van der Waals surface area contributed by atoms with Crippen LogP contribution in [0.15, 0.2) is 24.4 Å². The largest absolute Gasteiger partial charge is 1.00 e. The molecule has 2 unspecified atom stereocenters. The van der Waals surface area contributed by atoms with Gasteiger partial charge in [-0.1, -0.05) is 21.4 Å². The second kappa shape index (κ2) is 7.82. The molecule has 1 fully saturated rings. The summed E-state index contributed by atoms with van der Waals surface area (Å²) in [5.74, 6) is 0.809. The van der Waals surface area contributed by atoms with Crippen molar-refractivity contribution in [3.63, 3.8) is 0 Å². The van der Waals surface area contributed by atoms with E-state index in [1.807, 2.05) is 6.20 Å². The summed E-state index contributed by atoms with van der Waals surface area (Å²) in [4.78, 5) is 0. The van der Waals surface area contributed by atoms with E-state index in [1.54, 1.807) is 0 Å². The van der Waals surface area contributed by atoms with Crippen molar-refractivity contribution < 1.29 is 29.6 Å². The Balaban J connectivity index is 0.00000110. The van der Waals surface area contributed by atoms with Crippen molar-refractivity contribution in [1.82, 2.24) is 15.1 Å². The molecule has 0 amide bonds. The van der Waals surface area contributed by atoms with Crippen LogP contribution < -0.4 is 34.9 Å². The van der Waals surface area contributed by atoms with Gasteiger partial charge in [0, 0.05) is 17.5 Å². The zero-order valence-corrected chi connectivity index (χ0v) is 15.1. The standard InChI is InChI=1S/C16H23N3.BH4.Na/c1-11(2)19-16-7-5-13(8-14(16)10-18-19)15-6-4-12(3)9-17-15;;/h5,7-8,10-12,15,17H,4,6,9H2,1-3H3;1H4;/q;-1;+1. The van der Waals surface area contributed by atoms with Gasteiger partial charge in [0.25, 0.3) is 0 Å². The van der Waals surface area contributed by atoms with Crippen molar-refractivity contribution in [3.05, 3.63) is 30.0 Å². The van der Waals surface area contributed by atoms with Crippen LogP contribution in [0.5, 0.6) is 0 Å². The van der Waals surface area contributed by atoms with E-state index in [9.17, 15) is 0 Å². The molecule has 1 N–H and O–H groups in total. The predicted molar refractivity (Wildman–Crippen MR) is 90.6 cm³/mol. The number of nitrogens with one attached hydrogen (secondary N) is 1. The minimum atomic E-state index is 0. The number of benzene rings is 1. The van der Waals surface area contributed by atoms with Crippen LogP contribution in [0, 0.1) is 5.92 Å². The van der Waals surface area contributed by atoms with Crippen molar-refractivity contribution in [2.75, 3.05) is 6.54 Å². The summed E-state index contributed by atoms with van der Waals surface area (Å²) < 4.78 is 2.09. The normalized spacial score (nSPS) is 21.9. The fraction of sp³-hybridized carbons (Fsp3) is 0.562. The molecular formula is C16H27BN3Na. The summed E-state index contributed by atoms with van der Waals surface area (Å²) in [5.41, 5.74) is 2.64. The zero-order chi connectivity index (χ0) is 13.4. The van der Waals surface area contributed by atoms with Gasteiger partial charge in [0.2, 0.25) is 0 Å². The second-order valence-corrected chi connectivity index (χ2v) is 6.14. The van der Waals surface area contributed by atoms with Gasteiger partial charge in [0.15, 0.2) is 0 Å². The summed E-state index contributed by atoms with van der Waals surface area (Å²) in [5, 5.41) is 9.40. The van der Waals surface area contributed by atoms with Gasteiger partial charge in [-0.2, -0.15) is 5.10 Å². The molecule has 1 aliphatic rings. The van der Waals surface area contributed by atoms with Crippen LogP contribution in [0.1, 0.15) is 51.3 Å². The Labute approximate surface area is 151 Å². The van der Waals surface area contributed by atoms with Crippen molar-refractivity contribution in [2.45, 2.75) is 45.7 Å². The molecule has 110 valence electrons. The number of fused-ring (bicyclic) bond motifs is 1. The number of rotatable bonds is 2. The molecule has 21 heavy (non-hydrogen) atoms. The topological polar surface area (TPSA) is 29.9 Å². The first-order valence-corrected chi connectivity index (χ1v) is 7.35. The first-order chi connectivity index (χ1) is 9.15. The van der Waals surface area contributed by atoms with Crippen LogP contribution in [0.2, 0.25) is 0 Å². The average Bonchev–Trinajstić information content (AvgIpc) is 2.82. The molecule has 1 aromatic carbocycles. The first-order valence-electron chi connectivity index (χ1n) is 7.35. The molecule has 0 spiro atoms. The van der Waals surface area contributed by atoms with E-state index in [0.717, 1.165) is 12.5 Å². The Bertz CT molecular complexity index is 574. The molecule has 2 aromatic rings. The Hall–Kier alpha value is -0.285. The fourth-order valence-corrected chi connectivity index (χ4v) is 2.98. The zero-order valence-electron chi connectivity index (χ0n) is 13.1. The van der Waals surface area contributed by atoms with Gasteiger partial charge in [-0.3, -0.25) is 4.68 Å². The molecule has 2 atom stereocenters. The Morgan fingerprint density at radius 3 is 2.67 bits per heavy atom. The minimum Gasteiger partial charge on any atom is -0.310 e. The van der Waals surface area contributed by atoms with Gasteiger partial charge in [-0.05, 0) is 56.8 Å². The molecule has 1 aromatic heterocycles. The van der Waals surface area contributed by atoms with Crippen LogP contribution in [0.4, 0.5) is 0 Å². The Kier molecular flexibility index (Phi) is 6.99. The maximum atomic E-state index is 4.49. The molecule has 0 aliphatic carbocycles.